The van der Waals surface area contributed by atoms with Crippen LogP contribution in [0.3, 0.4) is 0 Å². The number of halogens is 2. The van der Waals surface area contributed by atoms with Crippen LogP contribution in [0.5, 0.6) is 5.75 Å². The Bertz CT molecular complexity index is 563. The van der Waals surface area contributed by atoms with Crippen molar-refractivity contribution in [1.82, 2.24) is 4.98 Å². The van der Waals surface area contributed by atoms with Gasteiger partial charge in [-0.05, 0) is 34.1 Å². The van der Waals surface area contributed by atoms with E-state index >= 15 is 0 Å². The van der Waals surface area contributed by atoms with E-state index in [1.807, 2.05) is 6.07 Å². The number of ether oxygens (including phenoxy) is 1. The molecule has 0 saturated heterocycles. The van der Waals surface area contributed by atoms with Crippen molar-refractivity contribution in [3.63, 3.8) is 0 Å². The molecular formula is C12H10BrFN2OS. The van der Waals surface area contributed by atoms with Gasteiger partial charge in [0, 0.05) is 16.7 Å². The molecule has 0 aliphatic rings. The van der Waals surface area contributed by atoms with Crippen LogP contribution < -0.4 is 10.5 Å². The second-order valence-electron chi connectivity index (χ2n) is 3.44. The van der Waals surface area contributed by atoms with Crippen LogP contribution in [0.1, 0.15) is 0 Å². The molecule has 0 bridgehead atoms. The summed E-state index contributed by atoms with van der Waals surface area (Å²) in [7, 11) is 1.50. The van der Waals surface area contributed by atoms with Gasteiger partial charge in [-0.2, -0.15) is 0 Å². The van der Waals surface area contributed by atoms with E-state index in [0.29, 0.717) is 15.7 Å². The number of methoxy groups -OCH3 is 1. The van der Waals surface area contributed by atoms with Gasteiger partial charge in [-0.1, -0.05) is 11.8 Å². The van der Waals surface area contributed by atoms with Crippen LogP contribution in [0, 0.1) is 5.82 Å². The van der Waals surface area contributed by atoms with E-state index in [1.165, 1.54) is 24.9 Å². The van der Waals surface area contributed by atoms with Gasteiger partial charge in [0.25, 0.3) is 0 Å². The first-order valence-electron chi connectivity index (χ1n) is 5.02. The molecule has 0 radical (unpaired) electrons. The second-order valence-corrected chi connectivity index (χ2v) is 5.42. The minimum Gasteiger partial charge on any atom is -0.495 e. The fourth-order valence-corrected chi connectivity index (χ4v) is 2.36. The van der Waals surface area contributed by atoms with E-state index in [-0.39, 0.29) is 11.5 Å². The molecule has 0 unspecified atom stereocenters. The number of nitrogen functional groups attached to an aromatic ring is 1. The number of rotatable bonds is 3. The zero-order valence-corrected chi connectivity index (χ0v) is 11.9. The summed E-state index contributed by atoms with van der Waals surface area (Å²) in [5.41, 5.74) is 5.90. The van der Waals surface area contributed by atoms with Crippen molar-refractivity contribution in [2.24, 2.45) is 0 Å². The molecule has 94 valence electrons. The lowest BCUT2D eigenvalue weighted by Crippen LogP contribution is -1.95. The van der Waals surface area contributed by atoms with Gasteiger partial charge in [-0.25, -0.2) is 9.37 Å². The number of benzene rings is 1. The molecule has 0 atom stereocenters. The highest BCUT2D eigenvalue weighted by Gasteiger charge is 2.10. The predicted molar refractivity (Wildman–Crippen MR) is 73.4 cm³/mol. The van der Waals surface area contributed by atoms with E-state index in [9.17, 15) is 4.39 Å². The smallest absolute Gasteiger partial charge is 0.143 e. The second kappa shape index (κ2) is 5.58. The quantitative estimate of drug-likeness (QED) is 0.872. The molecule has 2 rings (SSSR count). The van der Waals surface area contributed by atoms with Crippen molar-refractivity contribution >= 4 is 33.4 Å². The van der Waals surface area contributed by atoms with E-state index < -0.39 is 0 Å². The number of anilines is 1. The van der Waals surface area contributed by atoms with Gasteiger partial charge in [-0.15, -0.1) is 0 Å². The summed E-state index contributed by atoms with van der Waals surface area (Å²) in [5, 5.41) is 0.698. The Balaban J connectivity index is 2.31. The third-order valence-corrected chi connectivity index (χ3v) is 3.65. The molecule has 0 amide bonds. The van der Waals surface area contributed by atoms with Gasteiger partial charge in [0.2, 0.25) is 0 Å². The van der Waals surface area contributed by atoms with Crippen molar-refractivity contribution in [3.8, 4) is 5.75 Å². The number of hydrogen-bond donors (Lipinski definition) is 1. The minimum atomic E-state index is -0.386. The number of hydrogen-bond acceptors (Lipinski definition) is 4. The zero-order valence-electron chi connectivity index (χ0n) is 9.48. The van der Waals surface area contributed by atoms with Gasteiger partial charge in [0.05, 0.1) is 17.7 Å². The Kier molecular flexibility index (Phi) is 4.08. The fraction of sp³-hybridized carbons (Fsp3) is 0.0833. The van der Waals surface area contributed by atoms with E-state index in [2.05, 4.69) is 20.9 Å². The summed E-state index contributed by atoms with van der Waals surface area (Å²) in [6.45, 7) is 0. The van der Waals surface area contributed by atoms with Crippen molar-refractivity contribution in [3.05, 3.63) is 40.8 Å². The SMILES string of the molecule is COc1cc(Sc2ccc(Br)cn2)c(F)cc1N. The first-order valence-corrected chi connectivity index (χ1v) is 6.63. The monoisotopic (exact) mass is 328 g/mol. The number of pyridine rings is 1. The van der Waals surface area contributed by atoms with E-state index in [4.69, 9.17) is 10.5 Å². The highest BCUT2D eigenvalue weighted by molar-refractivity contribution is 9.10. The van der Waals surface area contributed by atoms with E-state index in [0.717, 1.165) is 4.47 Å². The molecular weight excluding hydrogens is 319 g/mol. The highest BCUT2D eigenvalue weighted by Crippen LogP contribution is 2.34. The molecule has 3 nitrogen and oxygen atoms in total. The maximum absolute atomic E-state index is 13.7. The third-order valence-electron chi connectivity index (χ3n) is 2.20. The molecule has 0 aliphatic heterocycles. The lowest BCUT2D eigenvalue weighted by Gasteiger charge is -2.08. The van der Waals surface area contributed by atoms with Crippen LogP contribution in [-0.2, 0) is 0 Å². The van der Waals surface area contributed by atoms with Crippen LogP contribution in [-0.4, -0.2) is 12.1 Å². The number of nitrogens with two attached hydrogens (primary N) is 1. The van der Waals surface area contributed by atoms with Crippen LogP contribution >= 0.6 is 27.7 Å². The van der Waals surface area contributed by atoms with Gasteiger partial charge in [-0.3, -0.25) is 0 Å². The molecule has 0 saturated carbocycles. The Hall–Kier alpha value is -1.27. The fourth-order valence-electron chi connectivity index (χ4n) is 1.34. The van der Waals surface area contributed by atoms with Crippen molar-refractivity contribution < 1.29 is 9.13 Å². The molecule has 2 N–H and O–H groups in total. The molecule has 0 fully saturated rings. The highest BCUT2D eigenvalue weighted by atomic mass is 79.9. The minimum absolute atomic E-state index is 0.281. The molecule has 2 aromatic rings. The molecule has 1 heterocycles. The Morgan fingerprint density at radius 1 is 1.39 bits per heavy atom. The number of nitrogens with zero attached hydrogens (tertiary/aromatic N) is 1. The summed E-state index contributed by atoms with van der Waals surface area (Å²) in [5.74, 6) is 0.0685. The van der Waals surface area contributed by atoms with Crippen LogP contribution in [0.2, 0.25) is 0 Å². The summed E-state index contributed by atoms with van der Waals surface area (Å²) in [6.07, 6.45) is 1.66. The first-order chi connectivity index (χ1) is 8.60. The lowest BCUT2D eigenvalue weighted by molar-refractivity contribution is 0.414. The van der Waals surface area contributed by atoms with Gasteiger partial charge in [0.15, 0.2) is 0 Å². The van der Waals surface area contributed by atoms with Crippen LogP contribution in [0.4, 0.5) is 10.1 Å². The van der Waals surface area contributed by atoms with Crippen LogP contribution in [0.15, 0.2) is 44.9 Å². The van der Waals surface area contributed by atoms with Crippen molar-refractivity contribution in [1.29, 1.82) is 0 Å². The Morgan fingerprint density at radius 3 is 2.78 bits per heavy atom. The molecule has 0 aliphatic carbocycles. The van der Waals surface area contributed by atoms with Gasteiger partial charge in [0.1, 0.15) is 16.6 Å². The van der Waals surface area contributed by atoms with E-state index in [1.54, 1.807) is 18.3 Å². The average molecular weight is 329 g/mol. The largest absolute Gasteiger partial charge is 0.495 e. The Morgan fingerprint density at radius 2 is 2.17 bits per heavy atom. The summed E-state index contributed by atoms with van der Waals surface area (Å²) >= 11 is 4.51. The topological polar surface area (TPSA) is 48.1 Å². The molecule has 6 heteroatoms. The maximum Gasteiger partial charge on any atom is 0.143 e. The van der Waals surface area contributed by atoms with Crippen LogP contribution in [0.25, 0.3) is 0 Å². The zero-order chi connectivity index (χ0) is 13.1. The molecule has 18 heavy (non-hydrogen) atoms. The standard InChI is InChI=1S/C12H10BrFN2OS/c1-17-10-5-11(8(14)4-9(10)15)18-12-3-2-7(13)6-16-12/h2-6H,15H2,1H3. The number of aromatic nitrogens is 1. The predicted octanol–water partition coefficient (Wildman–Crippen LogP) is 3.73. The molecule has 1 aromatic heterocycles. The lowest BCUT2D eigenvalue weighted by atomic mass is 10.3. The van der Waals surface area contributed by atoms with Crippen molar-refractivity contribution in [2.75, 3.05) is 12.8 Å². The Labute approximate surface area is 117 Å². The molecule has 1 aromatic carbocycles. The molecule has 0 spiro atoms. The van der Waals surface area contributed by atoms with Gasteiger partial charge >= 0.3 is 0 Å². The van der Waals surface area contributed by atoms with Gasteiger partial charge < -0.3 is 10.5 Å². The average Bonchev–Trinajstić information content (AvgIpc) is 2.35. The first kappa shape index (κ1) is 13.2. The summed E-state index contributed by atoms with van der Waals surface area (Å²) in [4.78, 5) is 4.60. The summed E-state index contributed by atoms with van der Waals surface area (Å²) < 4.78 is 19.7. The summed E-state index contributed by atoms with van der Waals surface area (Å²) in [6, 6.07) is 6.47. The third kappa shape index (κ3) is 2.94. The van der Waals surface area contributed by atoms with Crippen molar-refractivity contribution in [2.45, 2.75) is 9.92 Å². The normalized spacial score (nSPS) is 10.4. The maximum atomic E-state index is 13.7.